The lowest BCUT2D eigenvalue weighted by Crippen LogP contribution is -2.37. The summed E-state index contributed by atoms with van der Waals surface area (Å²) in [7, 11) is 3.99. The summed E-state index contributed by atoms with van der Waals surface area (Å²) in [5.41, 5.74) is 1.99. The standard InChI is InChI=1S/C24H29F2N5O/c1-31(2)22-20-5-3-4-6-21(20)29-24(30-22)28-18-11-9-17(10-12-18)27-15-16-7-13-19(14-8-16)32-23(25)26/h3-8,13-14,17-18,23,27H,9-12,15H2,1-2H3,(H,28,29,30)/t17-,18+. The molecule has 1 aliphatic carbocycles. The normalized spacial score (nSPS) is 18.7. The number of ether oxygens (including phenoxy) is 1. The van der Waals surface area contributed by atoms with Crippen molar-refractivity contribution in [1.29, 1.82) is 0 Å². The molecule has 0 aliphatic heterocycles. The molecule has 0 unspecified atom stereocenters. The number of hydrogen-bond acceptors (Lipinski definition) is 6. The predicted molar refractivity (Wildman–Crippen MR) is 123 cm³/mol. The number of rotatable bonds is 8. The molecule has 2 N–H and O–H groups in total. The number of halogens is 2. The van der Waals surface area contributed by atoms with Crippen LogP contribution in [0, 0.1) is 0 Å². The van der Waals surface area contributed by atoms with Crippen molar-refractivity contribution in [2.24, 2.45) is 0 Å². The van der Waals surface area contributed by atoms with Gasteiger partial charge in [-0.25, -0.2) is 4.98 Å². The molecule has 3 aromatic rings. The Labute approximate surface area is 187 Å². The third-order valence-electron chi connectivity index (χ3n) is 5.81. The van der Waals surface area contributed by atoms with Crippen LogP contribution in [0.5, 0.6) is 5.75 Å². The molecule has 4 rings (SSSR count). The van der Waals surface area contributed by atoms with E-state index in [2.05, 4.69) is 15.4 Å². The topological polar surface area (TPSA) is 62.3 Å². The zero-order valence-corrected chi connectivity index (χ0v) is 18.4. The number of alkyl halides is 2. The number of nitrogens with one attached hydrogen (secondary N) is 2. The number of fused-ring (bicyclic) bond motifs is 1. The Morgan fingerprint density at radius 1 is 0.969 bits per heavy atom. The Bertz CT molecular complexity index is 1020. The van der Waals surface area contributed by atoms with Gasteiger partial charge in [-0.05, 0) is 55.5 Å². The molecule has 1 aromatic heterocycles. The molecule has 8 heteroatoms. The van der Waals surface area contributed by atoms with Gasteiger partial charge < -0.3 is 20.3 Å². The Kier molecular flexibility index (Phi) is 6.99. The van der Waals surface area contributed by atoms with Gasteiger partial charge in [0.15, 0.2) is 0 Å². The molecule has 2 aromatic carbocycles. The van der Waals surface area contributed by atoms with E-state index in [1.807, 2.05) is 55.4 Å². The van der Waals surface area contributed by atoms with Crippen molar-refractivity contribution < 1.29 is 13.5 Å². The first-order valence-corrected chi connectivity index (χ1v) is 11.0. The van der Waals surface area contributed by atoms with Crippen LogP contribution >= 0.6 is 0 Å². The highest BCUT2D eigenvalue weighted by Gasteiger charge is 2.22. The molecular weight excluding hydrogens is 412 g/mol. The quantitative estimate of drug-likeness (QED) is 0.523. The smallest absolute Gasteiger partial charge is 0.387 e. The lowest BCUT2D eigenvalue weighted by molar-refractivity contribution is -0.0498. The molecule has 1 fully saturated rings. The van der Waals surface area contributed by atoms with Crippen LogP contribution in [0.1, 0.15) is 31.2 Å². The van der Waals surface area contributed by atoms with E-state index >= 15 is 0 Å². The minimum Gasteiger partial charge on any atom is -0.435 e. The van der Waals surface area contributed by atoms with E-state index in [9.17, 15) is 8.78 Å². The molecule has 0 saturated heterocycles. The Morgan fingerprint density at radius 2 is 1.66 bits per heavy atom. The Hall–Kier alpha value is -3.00. The summed E-state index contributed by atoms with van der Waals surface area (Å²) in [6.07, 6.45) is 4.18. The van der Waals surface area contributed by atoms with E-state index < -0.39 is 6.61 Å². The van der Waals surface area contributed by atoms with Crippen molar-refractivity contribution in [2.45, 2.75) is 50.9 Å². The fraction of sp³-hybridized carbons (Fsp3) is 0.417. The molecule has 0 bridgehead atoms. The first-order valence-electron chi connectivity index (χ1n) is 11.0. The maximum absolute atomic E-state index is 12.3. The van der Waals surface area contributed by atoms with Crippen molar-refractivity contribution in [1.82, 2.24) is 15.3 Å². The highest BCUT2D eigenvalue weighted by molar-refractivity contribution is 5.90. The number of anilines is 2. The molecule has 170 valence electrons. The van der Waals surface area contributed by atoms with Gasteiger partial charge in [0.1, 0.15) is 11.6 Å². The first kappa shape index (κ1) is 22.2. The summed E-state index contributed by atoms with van der Waals surface area (Å²) < 4.78 is 28.9. The average Bonchev–Trinajstić information content (AvgIpc) is 2.78. The van der Waals surface area contributed by atoms with Gasteiger partial charge in [-0.1, -0.05) is 24.3 Å². The van der Waals surface area contributed by atoms with Crippen LogP contribution in [0.2, 0.25) is 0 Å². The maximum atomic E-state index is 12.3. The summed E-state index contributed by atoms with van der Waals surface area (Å²) in [6.45, 7) is -2.09. The van der Waals surface area contributed by atoms with Gasteiger partial charge in [-0.3, -0.25) is 0 Å². The fourth-order valence-corrected chi connectivity index (χ4v) is 4.14. The summed E-state index contributed by atoms with van der Waals surface area (Å²) in [5.74, 6) is 1.78. The number of aromatic nitrogens is 2. The SMILES string of the molecule is CN(C)c1nc(N[C@H]2CC[C@@H](NCc3ccc(OC(F)F)cc3)CC2)nc2ccccc12. The lowest BCUT2D eigenvalue weighted by Gasteiger charge is -2.30. The van der Waals surface area contributed by atoms with Gasteiger partial charge in [-0.2, -0.15) is 13.8 Å². The van der Waals surface area contributed by atoms with Gasteiger partial charge in [0.2, 0.25) is 5.95 Å². The monoisotopic (exact) mass is 441 g/mol. The molecule has 0 amide bonds. The minimum absolute atomic E-state index is 0.184. The first-order chi connectivity index (χ1) is 15.5. The van der Waals surface area contributed by atoms with Gasteiger partial charge in [0.25, 0.3) is 0 Å². The number of benzene rings is 2. The molecule has 1 saturated carbocycles. The summed E-state index contributed by atoms with van der Waals surface area (Å²) >= 11 is 0. The highest BCUT2D eigenvalue weighted by Crippen LogP contribution is 2.26. The van der Waals surface area contributed by atoms with Gasteiger partial charge in [0, 0.05) is 38.1 Å². The van der Waals surface area contributed by atoms with E-state index in [-0.39, 0.29) is 5.75 Å². The van der Waals surface area contributed by atoms with Crippen LogP contribution in [0.15, 0.2) is 48.5 Å². The zero-order valence-electron chi connectivity index (χ0n) is 18.4. The molecule has 32 heavy (non-hydrogen) atoms. The van der Waals surface area contributed by atoms with E-state index in [0.717, 1.165) is 48.0 Å². The Balaban J connectivity index is 1.29. The third-order valence-corrected chi connectivity index (χ3v) is 5.81. The molecule has 0 spiro atoms. The highest BCUT2D eigenvalue weighted by atomic mass is 19.3. The second-order valence-corrected chi connectivity index (χ2v) is 8.38. The predicted octanol–water partition coefficient (Wildman–Crippen LogP) is 4.81. The van der Waals surface area contributed by atoms with Gasteiger partial charge in [-0.15, -0.1) is 0 Å². The minimum atomic E-state index is -2.79. The van der Waals surface area contributed by atoms with Gasteiger partial charge >= 0.3 is 6.61 Å². The summed E-state index contributed by atoms with van der Waals surface area (Å²) in [5, 5.41) is 8.15. The van der Waals surface area contributed by atoms with Crippen molar-refractivity contribution in [2.75, 3.05) is 24.3 Å². The molecule has 1 heterocycles. The molecule has 0 radical (unpaired) electrons. The van der Waals surface area contributed by atoms with Crippen LogP contribution < -0.4 is 20.3 Å². The maximum Gasteiger partial charge on any atom is 0.387 e. The van der Waals surface area contributed by atoms with E-state index in [4.69, 9.17) is 9.97 Å². The van der Waals surface area contributed by atoms with Crippen molar-refractivity contribution in [3.63, 3.8) is 0 Å². The second-order valence-electron chi connectivity index (χ2n) is 8.38. The lowest BCUT2D eigenvalue weighted by atomic mass is 9.91. The Morgan fingerprint density at radius 3 is 2.34 bits per heavy atom. The van der Waals surface area contributed by atoms with E-state index in [1.165, 1.54) is 0 Å². The van der Waals surface area contributed by atoms with Crippen molar-refractivity contribution in [3.8, 4) is 5.75 Å². The molecule has 0 atom stereocenters. The van der Waals surface area contributed by atoms with E-state index in [1.54, 1.807) is 12.1 Å². The molecular formula is C24H29F2N5O. The summed E-state index contributed by atoms with van der Waals surface area (Å²) in [6, 6.07) is 15.6. The van der Waals surface area contributed by atoms with E-state index in [0.29, 0.717) is 24.6 Å². The van der Waals surface area contributed by atoms with Crippen LogP contribution in [-0.2, 0) is 6.54 Å². The second kappa shape index (κ2) is 10.1. The molecule has 1 aliphatic rings. The van der Waals surface area contributed by atoms with Crippen LogP contribution in [0.4, 0.5) is 20.5 Å². The fourth-order valence-electron chi connectivity index (χ4n) is 4.14. The number of hydrogen-bond donors (Lipinski definition) is 2. The molecule has 6 nitrogen and oxygen atoms in total. The van der Waals surface area contributed by atoms with Gasteiger partial charge in [0.05, 0.1) is 5.52 Å². The third kappa shape index (κ3) is 5.62. The number of para-hydroxylation sites is 1. The van der Waals surface area contributed by atoms with Crippen LogP contribution in [0.25, 0.3) is 10.9 Å². The largest absolute Gasteiger partial charge is 0.435 e. The van der Waals surface area contributed by atoms with Crippen LogP contribution in [-0.4, -0.2) is 42.8 Å². The zero-order chi connectivity index (χ0) is 22.5. The van der Waals surface area contributed by atoms with Crippen molar-refractivity contribution in [3.05, 3.63) is 54.1 Å². The average molecular weight is 442 g/mol. The number of nitrogens with zero attached hydrogens (tertiary/aromatic N) is 3. The van der Waals surface area contributed by atoms with Crippen molar-refractivity contribution >= 4 is 22.7 Å². The van der Waals surface area contributed by atoms with Crippen LogP contribution in [0.3, 0.4) is 0 Å². The summed E-state index contributed by atoms with van der Waals surface area (Å²) in [4.78, 5) is 11.5.